The molecule has 0 unspecified atom stereocenters. The van der Waals surface area contributed by atoms with E-state index < -0.39 is 0 Å². The minimum atomic E-state index is 0.912. The second-order valence-corrected chi connectivity index (χ2v) is 4.57. The molecule has 1 aliphatic heterocycles. The van der Waals surface area contributed by atoms with Crippen LogP contribution in [0, 0.1) is 5.92 Å². The predicted octanol–water partition coefficient (Wildman–Crippen LogP) is 3.99. The van der Waals surface area contributed by atoms with Gasteiger partial charge in [0.05, 0.1) is 0 Å². The first kappa shape index (κ1) is 14.2. The van der Waals surface area contributed by atoms with Gasteiger partial charge in [0, 0.05) is 0 Å². The van der Waals surface area contributed by atoms with Crippen LogP contribution in [0.2, 0.25) is 0 Å². The van der Waals surface area contributed by atoms with Crippen molar-refractivity contribution in [1.82, 2.24) is 4.90 Å². The second-order valence-electron chi connectivity index (χ2n) is 4.57. The fourth-order valence-corrected chi connectivity index (χ4v) is 2.45. The quantitative estimate of drug-likeness (QED) is 0.763. The first-order valence-electron chi connectivity index (χ1n) is 7.14. The zero-order valence-corrected chi connectivity index (χ0v) is 11.7. The van der Waals surface area contributed by atoms with E-state index >= 15 is 0 Å². The van der Waals surface area contributed by atoms with E-state index in [0.717, 1.165) is 5.92 Å². The number of nitrogens with zero attached hydrogens (tertiary/aromatic N) is 1. The minimum absolute atomic E-state index is 0.912. The monoisotopic (exact) mass is 233 g/mol. The van der Waals surface area contributed by atoms with E-state index in [1.54, 1.807) is 0 Å². The maximum atomic E-state index is 2.56. The summed E-state index contributed by atoms with van der Waals surface area (Å²) in [5.41, 5.74) is 1.51. The maximum Gasteiger partial charge on any atom is -0.00161 e. The van der Waals surface area contributed by atoms with Crippen molar-refractivity contribution in [3.63, 3.8) is 0 Å². The van der Waals surface area contributed by atoms with Crippen LogP contribution in [0.5, 0.6) is 0 Å². The molecular weight excluding hydrogens is 206 g/mol. The van der Waals surface area contributed by atoms with Crippen LogP contribution in [0.25, 0.3) is 0 Å². The zero-order chi connectivity index (χ0) is 12.5. The van der Waals surface area contributed by atoms with Crippen molar-refractivity contribution in [2.45, 2.75) is 40.0 Å². The number of hydrogen-bond donors (Lipinski definition) is 0. The molecule has 1 fully saturated rings. The van der Waals surface area contributed by atoms with Gasteiger partial charge in [0.2, 0.25) is 0 Å². The van der Waals surface area contributed by atoms with Crippen molar-refractivity contribution >= 4 is 0 Å². The summed E-state index contributed by atoms with van der Waals surface area (Å²) in [4.78, 5) is 2.56. The molecule has 0 atom stereocenters. The molecule has 1 saturated heterocycles. The molecule has 0 amide bonds. The molecule has 2 rings (SSSR count). The normalized spacial score (nSPS) is 17.4. The fourth-order valence-electron chi connectivity index (χ4n) is 2.45. The third-order valence-electron chi connectivity index (χ3n) is 3.52. The number of likely N-dealkylation sites (tertiary alicyclic amines) is 1. The average molecular weight is 233 g/mol. The smallest absolute Gasteiger partial charge is 0.00161 e. The van der Waals surface area contributed by atoms with Gasteiger partial charge in [0.25, 0.3) is 0 Å². The number of hydrogen-bond acceptors (Lipinski definition) is 1. The molecular formula is C16H27N. The van der Waals surface area contributed by atoms with E-state index in [-0.39, 0.29) is 0 Å². The van der Waals surface area contributed by atoms with Gasteiger partial charge < -0.3 is 4.90 Å². The second kappa shape index (κ2) is 8.30. The molecule has 1 aromatic rings. The van der Waals surface area contributed by atoms with Crippen molar-refractivity contribution in [2.24, 2.45) is 5.92 Å². The predicted molar refractivity (Wildman–Crippen MR) is 76.3 cm³/mol. The van der Waals surface area contributed by atoms with Crippen molar-refractivity contribution in [3.05, 3.63) is 35.9 Å². The highest BCUT2D eigenvalue weighted by molar-refractivity contribution is 5.15. The summed E-state index contributed by atoms with van der Waals surface area (Å²) in [5.74, 6) is 0.912. The lowest BCUT2D eigenvalue weighted by atomic mass is 9.90. The molecule has 0 saturated carbocycles. The molecule has 1 heterocycles. The average Bonchev–Trinajstić information content (AvgIpc) is 2.43. The van der Waals surface area contributed by atoms with Gasteiger partial charge in [-0.05, 0) is 50.4 Å². The number of piperidine rings is 1. The summed E-state index contributed by atoms with van der Waals surface area (Å²) in [6, 6.07) is 10.9. The van der Waals surface area contributed by atoms with E-state index in [4.69, 9.17) is 0 Å². The third kappa shape index (κ3) is 4.91. The number of rotatable bonds is 3. The Hall–Kier alpha value is -0.820. The van der Waals surface area contributed by atoms with E-state index in [1.165, 1.54) is 44.5 Å². The highest BCUT2D eigenvalue weighted by atomic mass is 15.1. The van der Waals surface area contributed by atoms with Crippen LogP contribution in [-0.4, -0.2) is 24.5 Å². The van der Waals surface area contributed by atoms with Crippen LogP contribution >= 0.6 is 0 Å². The summed E-state index contributed by atoms with van der Waals surface area (Å²) < 4.78 is 0. The highest BCUT2D eigenvalue weighted by Crippen LogP contribution is 2.21. The molecule has 1 heteroatoms. The molecule has 0 radical (unpaired) electrons. The molecule has 17 heavy (non-hydrogen) atoms. The molecule has 0 bridgehead atoms. The van der Waals surface area contributed by atoms with E-state index in [0.29, 0.717) is 0 Å². The Labute approximate surface area is 107 Å². The van der Waals surface area contributed by atoms with E-state index in [1.807, 2.05) is 13.8 Å². The van der Waals surface area contributed by atoms with Gasteiger partial charge in [-0.3, -0.25) is 0 Å². The lowest BCUT2D eigenvalue weighted by molar-refractivity contribution is 0.192. The van der Waals surface area contributed by atoms with Crippen LogP contribution in [0.1, 0.15) is 39.2 Å². The molecule has 96 valence electrons. The molecule has 0 spiro atoms. The van der Waals surface area contributed by atoms with Gasteiger partial charge >= 0.3 is 0 Å². The highest BCUT2D eigenvalue weighted by Gasteiger charge is 2.17. The van der Waals surface area contributed by atoms with Crippen molar-refractivity contribution in [3.8, 4) is 0 Å². The summed E-state index contributed by atoms with van der Waals surface area (Å²) in [6.07, 6.45) is 4.03. The van der Waals surface area contributed by atoms with Gasteiger partial charge in [0.15, 0.2) is 0 Å². The lowest BCUT2D eigenvalue weighted by Crippen LogP contribution is -2.33. The van der Waals surface area contributed by atoms with Gasteiger partial charge in [-0.1, -0.05) is 51.1 Å². The largest absolute Gasteiger partial charge is 0.304 e. The first-order chi connectivity index (χ1) is 8.38. The molecule has 0 aromatic heterocycles. The molecule has 1 aromatic carbocycles. The van der Waals surface area contributed by atoms with Gasteiger partial charge in [0.1, 0.15) is 0 Å². The van der Waals surface area contributed by atoms with Crippen LogP contribution in [0.4, 0.5) is 0 Å². The van der Waals surface area contributed by atoms with Gasteiger partial charge in [-0.15, -0.1) is 0 Å². The topological polar surface area (TPSA) is 3.24 Å². The van der Waals surface area contributed by atoms with Crippen LogP contribution in [0.15, 0.2) is 30.3 Å². The van der Waals surface area contributed by atoms with Crippen LogP contribution in [-0.2, 0) is 6.42 Å². The SMILES string of the molecule is CC.CCN1CCC(Cc2ccccc2)CC1. The maximum absolute atomic E-state index is 2.56. The Morgan fingerprint density at radius 2 is 1.65 bits per heavy atom. The zero-order valence-electron chi connectivity index (χ0n) is 11.7. The molecule has 1 nitrogen and oxygen atoms in total. The summed E-state index contributed by atoms with van der Waals surface area (Å²) in [7, 11) is 0. The molecule has 0 aliphatic carbocycles. The Morgan fingerprint density at radius 3 is 2.18 bits per heavy atom. The third-order valence-corrected chi connectivity index (χ3v) is 3.52. The molecule has 0 N–H and O–H groups in total. The Morgan fingerprint density at radius 1 is 1.06 bits per heavy atom. The van der Waals surface area contributed by atoms with Crippen molar-refractivity contribution in [1.29, 1.82) is 0 Å². The Kier molecular flexibility index (Phi) is 6.95. The van der Waals surface area contributed by atoms with Gasteiger partial charge in [-0.2, -0.15) is 0 Å². The van der Waals surface area contributed by atoms with E-state index in [2.05, 4.69) is 42.2 Å². The van der Waals surface area contributed by atoms with Gasteiger partial charge in [-0.25, -0.2) is 0 Å². The van der Waals surface area contributed by atoms with Crippen LogP contribution in [0.3, 0.4) is 0 Å². The summed E-state index contributed by atoms with van der Waals surface area (Å²) in [5, 5.41) is 0. The Bertz CT molecular complexity index is 273. The standard InChI is InChI=1S/C14H21N.C2H6/c1-2-15-10-8-14(9-11-15)12-13-6-4-3-5-7-13;1-2/h3-7,14H,2,8-12H2,1H3;1-2H3. The fraction of sp³-hybridized carbons (Fsp3) is 0.625. The van der Waals surface area contributed by atoms with Crippen molar-refractivity contribution < 1.29 is 0 Å². The Balaban J connectivity index is 0.000000686. The lowest BCUT2D eigenvalue weighted by Gasteiger charge is -2.31. The summed E-state index contributed by atoms with van der Waals surface area (Å²) >= 11 is 0. The minimum Gasteiger partial charge on any atom is -0.304 e. The summed E-state index contributed by atoms with van der Waals surface area (Å²) in [6.45, 7) is 10.1. The van der Waals surface area contributed by atoms with Crippen LogP contribution < -0.4 is 0 Å². The molecule has 1 aliphatic rings. The number of benzene rings is 1. The first-order valence-corrected chi connectivity index (χ1v) is 7.14. The van der Waals surface area contributed by atoms with E-state index in [9.17, 15) is 0 Å². The van der Waals surface area contributed by atoms with Crippen molar-refractivity contribution in [2.75, 3.05) is 19.6 Å².